The highest BCUT2D eigenvalue weighted by molar-refractivity contribution is 6.04. The van der Waals surface area contributed by atoms with Gasteiger partial charge >= 0.3 is 6.03 Å². The number of benzene rings is 3. The monoisotopic (exact) mass is 425 g/mol. The van der Waals surface area contributed by atoms with Crippen LogP contribution in [0.2, 0.25) is 0 Å². The average molecular weight is 425 g/mol. The van der Waals surface area contributed by atoms with Gasteiger partial charge in [0.2, 0.25) is 0 Å². The van der Waals surface area contributed by atoms with Gasteiger partial charge in [0.15, 0.2) is 0 Å². The first-order chi connectivity index (χ1) is 15.7. The summed E-state index contributed by atoms with van der Waals surface area (Å²) in [6.45, 7) is 0.446. The van der Waals surface area contributed by atoms with Gasteiger partial charge in [-0.25, -0.2) is 9.48 Å². The van der Waals surface area contributed by atoms with E-state index in [2.05, 4.69) is 21.0 Å². The maximum Gasteiger partial charge on any atom is 0.319 e. The number of carbonyl (C=O) groups is 2. The van der Waals surface area contributed by atoms with Crippen molar-refractivity contribution in [1.82, 2.24) is 15.1 Å². The van der Waals surface area contributed by atoms with Crippen LogP contribution in [0.25, 0.3) is 5.69 Å². The molecule has 3 N–H and O–H groups in total. The lowest BCUT2D eigenvalue weighted by Crippen LogP contribution is -2.30. The first kappa shape index (κ1) is 20.9. The predicted molar refractivity (Wildman–Crippen MR) is 125 cm³/mol. The highest BCUT2D eigenvalue weighted by atomic mass is 16.2. The van der Waals surface area contributed by atoms with Gasteiger partial charge < -0.3 is 16.0 Å². The highest BCUT2D eigenvalue weighted by Gasteiger charge is 2.07. The van der Waals surface area contributed by atoms with Crippen LogP contribution in [-0.2, 0) is 6.42 Å². The fourth-order valence-electron chi connectivity index (χ4n) is 3.17. The Morgan fingerprint density at radius 3 is 2.22 bits per heavy atom. The van der Waals surface area contributed by atoms with E-state index in [-0.39, 0.29) is 11.9 Å². The number of nitrogens with one attached hydrogen (secondary N) is 3. The number of rotatable bonds is 7. The summed E-state index contributed by atoms with van der Waals surface area (Å²) in [7, 11) is 0. The van der Waals surface area contributed by atoms with Crippen molar-refractivity contribution in [2.45, 2.75) is 6.42 Å². The van der Waals surface area contributed by atoms with E-state index in [9.17, 15) is 9.59 Å². The Morgan fingerprint density at radius 2 is 1.47 bits per heavy atom. The Hall–Kier alpha value is -4.39. The third-order valence-corrected chi connectivity index (χ3v) is 4.75. The van der Waals surface area contributed by atoms with Gasteiger partial charge in [-0.3, -0.25) is 4.79 Å². The van der Waals surface area contributed by atoms with E-state index >= 15 is 0 Å². The van der Waals surface area contributed by atoms with Crippen LogP contribution in [0.4, 0.5) is 16.2 Å². The second-order valence-corrected chi connectivity index (χ2v) is 7.12. The second kappa shape index (κ2) is 10.1. The Bertz CT molecular complexity index is 1190. The molecule has 0 spiro atoms. The summed E-state index contributed by atoms with van der Waals surface area (Å²) in [5.74, 6) is -0.206. The smallest absolute Gasteiger partial charge is 0.319 e. The summed E-state index contributed by atoms with van der Waals surface area (Å²) in [6.07, 6.45) is 2.51. The standard InChI is InChI=1S/C25H23N5O2/c31-24(19-8-3-1-4-9-19)27-21-10-7-11-22(18-21)28-25(32)26-16-14-20-15-17-30(29-20)23-12-5-2-6-13-23/h1-13,15,17-18H,14,16H2,(H,27,31)(H2,26,28,32). The lowest BCUT2D eigenvalue weighted by molar-refractivity contribution is 0.102. The summed E-state index contributed by atoms with van der Waals surface area (Å²) in [5.41, 5.74) is 3.63. The maximum absolute atomic E-state index is 12.3. The van der Waals surface area contributed by atoms with E-state index in [1.54, 1.807) is 36.4 Å². The van der Waals surface area contributed by atoms with Crippen LogP contribution in [0.15, 0.2) is 97.2 Å². The summed E-state index contributed by atoms with van der Waals surface area (Å²) >= 11 is 0. The molecule has 0 aliphatic carbocycles. The molecular formula is C25H23N5O2. The fourth-order valence-corrected chi connectivity index (χ4v) is 3.17. The molecule has 0 radical (unpaired) electrons. The molecule has 0 aliphatic heterocycles. The number of para-hydroxylation sites is 1. The topological polar surface area (TPSA) is 88.1 Å². The molecule has 3 aromatic carbocycles. The minimum Gasteiger partial charge on any atom is -0.337 e. The molecule has 0 saturated carbocycles. The molecule has 0 saturated heterocycles. The normalized spacial score (nSPS) is 10.4. The van der Waals surface area contributed by atoms with Crippen molar-refractivity contribution < 1.29 is 9.59 Å². The summed E-state index contributed by atoms with van der Waals surface area (Å²) in [4.78, 5) is 24.5. The van der Waals surface area contributed by atoms with Gasteiger partial charge in [0.1, 0.15) is 0 Å². The molecule has 0 fully saturated rings. The number of carbonyl (C=O) groups excluding carboxylic acids is 2. The van der Waals surface area contributed by atoms with E-state index in [4.69, 9.17) is 0 Å². The van der Waals surface area contributed by atoms with E-state index in [0.29, 0.717) is 29.9 Å². The van der Waals surface area contributed by atoms with Crippen molar-refractivity contribution >= 4 is 23.3 Å². The zero-order valence-corrected chi connectivity index (χ0v) is 17.4. The van der Waals surface area contributed by atoms with Gasteiger partial charge in [0, 0.05) is 36.1 Å². The van der Waals surface area contributed by atoms with Gasteiger partial charge in [-0.05, 0) is 48.5 Å². The molecule has 0 aliphatic rings. The van der Waals surface area contributed by atoms with Crippen LogP contribution < -0.4 is 16.0 Å². The first-order valence-electron chi connectivity index (χ1n) is 10.3. The van der Waals surface area contributed by atoms with E-state index in [1.807, 2.05) is 65.5 Å². The van der Waals surface area contributed by atoms with Crippen LogP contribution in [0.5, 0.6) is 0 Å². The minimum absolute atomic E-state index is 0.206. The van der Waals surface area contributed by atoms with E-state index in [0.717, 1.165) is 11.4 Å². The number of hydrogen-bond acceptors (Lipinski definition) is 3. The molecule has 32 heavy (non-hydrogen) atoms. The van der Waals surface area contributed by atoms with Gasteiger partial charge in [-0.2, -0.15) is 5.10 Å². The number of amides is 3. The van der Waals surface area contributed by atoms with Crippen LogP contribution >= 0.6 is 0 Å². The van der Waals surface area contributed by atoms with Crippen molar-refractivity contribution in [3.8, 4) is 5.69 Å². The van der Waals surface area contributed by atoms with Gasteiger partial charge in [-0.1, -0.05) is 42.5 Å². The SMILES string of the molecule is O=C(NCCc1ccn(-c2ccccc2)n1)Nc1cccc(NC(=O)c2ccccc2)c1. The van der Waals surface area contributed by atoms with Gasteiger partial charge in [0.25, 0.3) is 5.91 Å². The quantitative estimate of drug-likeness (QED) is 0.408. The third-order valence-electron chi connectivity index (χ3n) is 4.75. The molecule has 3 amide bonds. The van der Waals surface area contributed by atoms with Crippen molar-refractivity contribution in [1.29, 1.82) is 0 Å². The second-order valence-electron chi connectivity index (χ2n) is 7.12. The fraction of sp³-hybridized carbons (Fsp3) is 0.0800. The molecule has 7 heteroatoms. The van der Waals surface area contributed by atoms with E-state index in [1.165, 1.54) is 0 Å². The number of anilines is 2. The Morgan fingerprint density at radius 1 is 0.781 bits per heavy atom. The Kier molecular flexibility index (Phi) is 6.57. The van der Waals surface area contributed by atoms with Crippen molar-refractivity contribution in [3.63, 3.8) is 0 Å². The van der Waals surface area contributed by atoms with E-state index < -0.39 is 0 Å². The summed E-state index contributed by atoms with van der Waals surface area (Å²) < 4.78 is 1.81. The minimum atomic E-state index is -0.320. The van der Waals surface area contributed by atoms with Crippen LogP contribution in [-0.4, -0.2) is 28.3 Å². The molecule has 160 valence electrons. The summed E-state index contributed by atoms with van der Waals surface area (Å²) in [5, 5.41) is 13.0. The number of aromatic nitrogens is 2. The van der Waals surface area contributed by atoms with Gasteiger partial charge in [0.05, 0.1) is 11.4 Å². The molecule has 4 rings (SSSR count). The lowest BCUT2D eigenvalue weighted by atomic mass is 10.2. The van der Waals surface area contributed by atoms with Crippen molar-refractivity contribution in [2.75, 3.05) is 17.2 Å². The van der Waals surface area contributed by atoms with Crippen LogP contribution in [0, 0.1) is 0 Å². The number of urea groups is 1. The molecule has 1 aromatic heterocycles. The van der Waals surface area contributed by atoms with Crippen LogP contribution in [0.3, 0.4) is 0 Å². The molecular weight excluding hydrogens is 402 g/mol. The Labute approximate surface area is 186 Å². The maximum atomic E-state index is 12.3. The molecule has 4 aromatic rings. The number of nitrogens with zero attached hydrogens (tertiary/aromatic N) is 2. The first-order valence-corrected chi connectivity index (χ1v) is 10.3. The summed E-state index contributed by atoms with van der Waals surface area (Å²) in [6, 6.07) is 27.4. The molecule has 0 unspecified atom stereocenters. The lowest BCUT2D eigenvalue weighted by Gasteiger charge is -2.10. The third kappa shape index (κ3) is 5.60. The van der Waals surface area contributed by atoms with Crippen molar-refractivity contribution in [3.05, 3.63) is 108 Å². The molecule has 7 nitrogen and oxygen atoms in total. The predicted octanol–water partition coefficient (Wildman–Crippen LogP) is 4.49. The Balaban J connectivity index is 1.26. The molecule has 0 atom stereocenters. The van der Waals surface area contributed by atoms with Crippen LogP contribution in [0.1, 0.15) is 16.1 Å². The average Bonchev–Trinajstić information content (AvgIpc) is 3.29. The van der Waals surface area contributed by atoms with Gasteiger partial charge in [-0.15, -0.1) is 0 Å². The number of hydrogen-bond donors (Lipinski definition) is 3. The largest absolute Gasteiger partial charge is 0.337 e. The van der Waals surface area contributed by atoms with Crippen molar-refractivity contribution in [2.24, 2.45) is 0 Å². The zero-order valence-electron chi connectivity index (χ0n) is 17.4. The zero-order chi connectivity index (χ0) is 22.2. The molecule has 1 heterocycles. The highest BCUT2D eigenvalue weighted by Crippen LogP contribution is 2.16. The molecule has 0 bridgehead atoms.